The molecule has 0 saturated carbocycles. The van der Waals surface area contributed by atoms with E-state index in [9.17, 15) is 4.79 Å². The van der Waals surface area contributed by atoms with Crippen LogP contribution in [0.1, 0.15) is 60.3 Å². The molecule has 3 aliphatic heterocycles. The van der Waals surface area contributed by atoms with Gasteiger partial charge in [-0.05, 0) is 45.1 Å². The maximum Gasteiger partial charge on any atom is 0.228 e. The summed E-state index contributed by atoms with van der Waals surface area (Å²) in [4.78, 5) is 23.2. The van der Waals surface area contributed by atoms with Crippen LogP contribution in [0.3, 0.4) is 0 Å². The van der Waals surface area contributed by atoms with E-state index in [2.05, 4.69) is 53.1 Å². The molecule has 0 aromatic rings. The van der Waals surface area contributed by atoms with E-state index < -0.39 is 12.1 Å². The Kier molecular flexibility index (Phi) is 11.2. The average molecular weight is 542 g/mol. The minimum Gasteiger partial charge on any atom is -0.377 e. The van der Waals surface area contributed by atoms with Gasteiger partial charge in [-0.15, -0.1) is 11.6 Å². The second-order valence-electron chi connectivity index (χ2n) is 12.4. The van der Waals surface area contributed by atoms with Crippen molar-refractivity contribution in [2.45, 2.75) is 95.5 Å². The molecule has 3 fully saturated rings. The van der Waals surface area contributed by atoms with E-state index in [4.69, 9.17) is 27.8 Å². The highest BCUT2D eigenvalue weighted by molar-refractivity contribution is 6.28. The summed E-state index contributed by atoms with van der Waals surface area (Å²) in [5, 5.41) is 6.56. The van der Waals surface area contributed by atoms with Crippen LogP contribution in [0, 0.1) is 11.3 Å². The molecule has 3 rings (SSSR count). The van der Waals surface area contributed by atoms with Gasteiger partial charge in [-0.1, -0.05) is 27.2 Å². The molecule has 0 bridgehead atoms. The zero-order chi connectivity index (χ0) is 27.2. The van der Waals surface area contributed by atoms with Gasteiger partial charge in [-0.2, -0.15) is 0 Å². The molecular weight excluding hydrogens is 490 g/mol. The number of nitrogens with two attached hydrogens (primary N) is 2. The van der Waals surface area contributed by atoms with E-state index in [1.54, 1.807) is 6.21 Å². The predicted octanol–water partition coefficient (Wildman–Crippen LogP) is 1.38. The maximum atomic E-state index is 13.4. The molecule has 5 atom stereocenters. The number of amides is 1. The highest BCUT2D eigenvalue weighted by Crippen LogP contribution is 2.28. The number of piperazine rings is 1. The van der Waals surface area contributed by atoms with Crippen LogP contribution in [0.25, 0.3) is 0 Å². The minimum atomic E-state index is -0.802. The average Bonchev–Trinajstić information content (AvgIpc) is 2.85. The third kappa shape index (κ3) is 8.34. The summed E-state index contributed by atoms with van der Waals surface area (Å²) < 4.78 is 5.47. The van der Waals surface area contributed by atoms with Gasteiger partial charge in [0.25, 0.3) is 0 Å². The third-order valence-electron chi connectivity index (χ3n) is 8.92. The van der Waals surface area contributed by atoms with E-state index in [1.165, 1.54) is 0 Å². The van der Waals surface area contributed by atoms with Gasteiger partial charge in [0.05, 0.1) is 48.3 Å². The number of ether oxygens (including phenoxy) is 1. The number of piperidine rings is 1. The first-order chi connectivity index (χ1) is 17.5. The Morgan fingerprint density at radius 1 is 1.30 bits per heavy atom. The molecule has 214 valence electrons. The molecule has 6 N–H and O–H groups in total. The van der Waals surface area contributed by atoms with Crippen LogP contribution in [0.5, 0.6) is 0 Å². The van der Waals surface area contributed by atoms with Crippen molar-refractivity contribution in [2.24, 2.45) is 27.8 Å². The summed E-state index contributed by atoms with van der Waals surface area (Å²) in [6.07, 6.45) is 4.94. The van der Waals surface area contributed by atoms with E-state index in [-0.39, 0.29) is 34.3 Å². The van der Waals surface area contributed by atoms with Crippen molar-refractivity contribution >= 4 is 23.7 Å². The van der Waals surface area contributed by atoms with Crippen molar-refractivity contribution < 1.29 is 9.53 Å². The van der Waals surface area contributed by atoms with Gasteiger partial charge in [0.15, 0.2) is 0 Å². The fraction of sp³-hybridized carbons (Fsp3) is 0.926. The first-order valence-electron chi connectivity index (χ1n) is 14.2. The molecule has 9 nitrogen and oxygen atoms in total. The van der Waals surface area contributed by atoms with Crippen LogP contribution >= 0.6 is 11.6 Å². The van der Waals surface area contributed by atoms with Crippen LogP contribution in [0.2, 0.25) is 0 Å². The number of rotatable bonds is 12. The summed E-state index contributed by atoms with van der Waals surface area (Å²) in [5.74, 6) is -0.750. The molecule has 0 aromatic heterocycles. The van der Waals surface area contributed by atoms with Crippen LogP contribution in [0.15, 0.2) is 4.99 Å². The number of carbonyl (C=O) groups excluding carboxylic acids is 1. The van der Waals surface area contributed by atoms with E-state index in [0.717, 1.165) is 78.2 Å². The van der Waals surface area contributed by atoms with Crippen LogP contribution in [0.4, 0.5) is 0 Å². The number of aliphatic imine (C=N–C) groups is 1. The molecule has 37 heavy (non-hydrogen) atoms. The molecule has 10 heteroatoms. The molecule has 0 aliphatic carbocycles. The van der Waals surface area contributed by atoms with Gasteiger partial charge >= 0.3 is 0 Å². The van der Waals surface area contributed by atoms with Gasteiger partial charge in [0.1, 0.15) is 0 Å². The lowest BCUT2D eigenvalue weighted by atomic mass is 9.85. The van der Waals surface area contributed by atoms with Gasteiger partial charge in [-0.25, -0.2) is 0 Å². The summed E-state index contributed by atoms with van der Waals surface area (Å²) >= 11 is 6.53. The first kappa shape index (κ1) is 30.7. The summed E-state index contributed by atoms with van der Waals surface area (Å²) in [6, 6.07) is -0.0604. The standard InChI is InChI=1S/C27H52ClN7O2/c1-6-26(3,4)9-7-20(28)15-32-19(2)23(24(29)30)25(36)33-21-16-31-10-8-22(21)34-11-13-35(14-12-34)27(5)17-37-18-27/h15,19-24,31H,6-14,16-18,29-30H2,1-5H3,(H,33,36)/b32-15-. The van der Waals surface area contributed by atoms with Crippen molar-refractivity contribution in [3.05, 3.63) is 0 Å². The molecule has 0 spiro atoms. The lowest BCUT2D eigenvalue weighted by molar-refractivity contribution is -0.143. The molecule has 5 unspecified atom stereocenters. The zero-order valence-corrected chi connectivity index (χ0v) is 24.5. The fourth-order valence-corrected chi connectivity index (χ4v) is 5.87. The van der Waals surface area contributed by atoms with Crippen LogP contribution < -0.4 is 22.1 Å². The van der Waals surface area contributed by atoms with Crippen molar-refractivity contribution in [2.75, 3.05) is 52.5 Å². The second-order valence-corrected chi connectivity index (χ2v) is 13.0. The monoisotopic (exact) mass is 541 g/mol. The quantitative estimate of drug-likeness (QED) is 0.167. The van der Waals surface area contributed by atoms with Crippen LogP contribution in [-0.2, 0) is 9.53 Å². The Hall–Kier alpha value is -0.810. The van der Waals surface area contributed by atoms with E-state index in [1.807, 2.05) is 6.92 Å². The van der Waals surface area contributed by atoms with Gasteiger partial charge in [-0.3, -0.25) is 19.6 Å². The molecular formula is C27H52ClN7O2. The Bertz CT molecular complexity index is 753. The number of nitrogens with zero attached hydrogens (tertiary/aromatic N) is 3. The number of carbonyl (C=O) groups is 1. The number of alkyl halides is 1. The Labute approximate surface area is 229 Å². The van der Waals surface area contributed by atoms with Gasteiger partial charge in [0.2, 0.25) is 5.91 Å². The highest BCUT2D eigenvalue weighted by atomic mass is 35.5. The predicted molar refractivity (Wildman–Crippen MR) is 152 cm³/mol. The highest BCUT2D eigenvalue weighted by Gasteiger charge is 2.42. The molecule has 0 aromatic carbocycles. The Balaban J connectivity index is 1.55. The smallest absolute Gasteiger partial charge is 0.228 e. The Morgan fingerprint density at radius 3 is 2.54 bits per heavy atom. The molecule has 1 amide bonds. The Morgan fingerprint density at radius 2 is 1.97 bits per heavy atom. The molecule has 3 heterocycles. The minimum absolute atomic E-state index is 0.00454. The maximum absolute atomic E-state index is 13.4. The van der Waals surface area contributed by atoms with Gasteiger partial charge < -0.3 is 26.8 Å². The third-order valence-corrected chi connectivity index (χ3v) is 9.25. The van der Waals surface area contributed by atoms with Crippen molar-refractivity contribution in [1.82, 2.24) is 20.4 Å². The largest absolute Gasteiger partial charge is 0.377 e. The fourth-order valence-electron chi connectivity index (χ4n) is 5.70. The molecule has 3 aliphatic rings. The van der Waals surface area contributed by atoms with E-state index >= 15 is 0 Å². The lowest BCUT2D eigenvalue weighted by Crippen LogP contribution is -2.68. The zero-order valence-electron chi connectivity index (χ0n) is 23.7. The van der Waals surface area contributed by atoms with Gasteiger partial charge in [0, 0.05) is 45.0 Å². The van der Waals surface area contributed by atoms with Crippen molar-refractivity contribution in [1.29, 1.82) is 0 Å². The van der Waals surface area contributed by atoms with E-state index in [0.29, 0.717) is 6.04 Å². The normalized spacial score (nSPS) is 28.1. The summed E-state index contributed by atoms with van der Waals surface area (Å²) in [6.45, 7) is 18.3. The number of hydrogen-bond acceptors (Lipinski definition) is 8. The SMILES string of the molecule is CCC(C)(C)CCC(Cl)/C=N\C(C)C(C(=O)NC1CNCCC1N1CCN(C2(C)COC2)CC1)C(N)N. The molecule has 3 saturated heterocycles. The number of halogens is 1. The summed E-state index contributed by atoms with van der Waals surface area (Å²) in [7, 11) is 0. The number of nitrogens with one attached hydrogen (secondary N) is 2. The van der Waals surface area contributed by atoms with Crippen LogP contribution in [-0.4, -0.2) is 110 Å². The second kappa shape index (κ2) is 13.5. The lowest BCUT2D eigenvalue weighted by Gasteiger charge is -2.52. The molecule has 0 radical (unpaired) electrons. The van der Waals surface area contributed by atoms with Crippen molar-refractivity contribution in [3.63, 3.8) is 0 Å². The van der Waals surface area contributed by atoms with Crippen molar-refractivity contribution in [3.8, 4) is 0 Å². The summed E-state index contributed by atoms with van der Waals surface area (Å²) in [5.41, 5.74) is 12.7. The number of hydrogen-bond donors (Lipinski definition) is 4. The first-order valence-corrected chi connectivity index (χ1v) is 14.7. The topological polar surface area (TPSA) is 121 Å².